The number of carboxylic acid groups (broad SMARTS) is 1. The van der Waals surface area contributed by atoms with Gasteiger partial charge in [-0.25, -0.2) is 34.4 Å². The number of anilines is 6. The molecule has 2 saturated heterocycles. The van der Waals surface area contributed by atoms with Gasteiger partial charge in [-0.05, 0) is 149 Å². The fourth-order valence-corrected chi connectivity index (χ4v) is 19.0. The van der Waals surface area contributed by atoms with E-state index < -0.39 is 91.3 Å². The maximum atomic E-state index is 13.4. The number of imide groups is 1. The first-order valence-corrected chi connectivity index (χ1v) is 49.6. The van der Waals surface area contributed by atoms with Crippen molar-refractivity contribution in [1.29, 1.82) is 0 Å². The van der Waals surface area contributed by atoms with Crippen LogP contribution in [-0.2, 0) is 67.2 Å². The Morgan fingerprint density at radius 1 is 0.844 bits per heavy atom. The minimum Gasteiger partial charge on any atom is -0.870 e. The quantitative estimate of drug-likeness (QED) is 0.00159. The number of hydrogen-bond acceptors (Lipinski definition) is 35. The number of alkyl halides is 5. The number of hydrogen-bond donors (Lipinski definition) is 14. The molecule has 3 aliphatic carbocycles. The molecule has 3 fully saturated rings. The number of aliphatic carboxylic acids is 1. The summed E-state index contributed by atoms with van der Waals surface area (Å²) in [7, 11) is 3.45. The molecule has 0 bridgehead atoms. The number of carbonyl (C=O) groups excluding carboxylic acids is 9. The van der Waals surface area contributed by atoms with Crippen molar-refractivity contribution in [2.45, 2.75) is 127 Å². The summed E-state index contributed by atoms with van der Waals surface area (Å²) in [6.45, 7) is 11.1. The summed E-state index contributed by atoms with van der Waals surface area (Å²) < 4.78 is 60.8. The molecule has 49 heteroatoms. The number of thiol groups is 1. The normalized spacial score (nSPS) is 16.9. The Morgan fingerprint density at radius 3 is 2.03 bits per heavy atom. The van der Waals surface area contributed by atoms with Crippen molar-refractivity contribution in [3.05, 3.63) is 226 Å². The Balaban J connectivity index is 0.000000217. The number of aromatic nitrogens is 6. The number of rotatable bonds is 32. The Bertz CT molecular complexity index is 6610. The number of ether oxygens (including phenoxy) is 2. The van der Waals surface area contributed by atoms with Gasteiger partial charge in [0.2, 0.25) is 29.1 Å². The van der Waals surface area contributed by atoms with Crippen LogP contribution in [0, 0.1) is 33.2 Å². The van der Waals surface area contributed by atoms with E-state index in [4.69, 9.17) is 96.1 Å². The van der Waals surface area contributed by atoms with Crippen molar-refractivity contribution in [3.63, 3.8) is 0 Å². The number of nitrogens with two attached hydrogens (primary N) is 4. The van der Waals surface area contributed by atoms with E-state index in [1.807, 2.05) is 71.6 Å². The predicted octanol–water partition coefficient (Wildman–Crippen LogP) is 11.4. The number of piperidine rings is 1. The van der Waals surface area contributed by atoms with Gasteiger partial charge < -0.3 is 103 Å². The zero-order valence-electron chi connectivity index (χ0n) is 81.5. The van der Waals surface area contributed by atoms with Crippen molar-refractivity contribution >= 4 is 210 Å². The van der Waals surface area contributed by atoms with Gasteiger partial charge in [0.25, 0.3) is 11.6 Å². The smallest absolute Gasteiger partial charge is 0.870 e. The van der Waals surface area contributed by atoms with Gasteiger partial charge in [-0.15, -0.1) is 23.2 Å². The molecule has 4 aliphatic heterocycles. The van der Waals surface area contributed by atoms with Crippen LogP contribution in [0.5, 0.6) is 11.5 Å². The van der Waals surface area contributed by atoms with Gasteiger partial charge in [0.05, 0.1) is 82.5 Å². The number of allylic oxidation sites excluding steroid dienone is 2. The number of nitrogen functional groups attached to an aromatic ring is 2. The summed E-state index contributed by atoms with van der Waals surface area (Å²) in [5, 5.41) is 52.0. The summed E-state index contributed by atoms with van der Waals surface area (Å²) in [6.07, 6.45) is 5.42. The number of methoxy groups -OCH3 is 1. The van der Waals surface area contributed by atoms with Gasteiger partial charge in [-0.2, -0.15) is 41.6 Å². The fraction of sp³-hybridized carbons (Fsp3) is 0.367. The maximum absolute atomic E-state index is 13.4. The number of carbonyl (C=O) groups is 10. The number of aliphatic hydroxyl groups excluding tert-OH is 1. The maximum Gasteiger partial charge on any atom is 1.00 e. The van der Waals surface area contributed by atoms with E-state index in [2.05, 4.69) is 81.6 Å². The second kappa shape index (κ2) is 53.6. The fourth-order valence-electron chi connectivity index (χ4n) is 17.0. The van der Waals surface area contributed by atoms with Gasteiger partial charge in [-0.3, -0.25) is 44.0 Å². The monoisotopic (exact) mass is 2170 g/mol. The van der Waals surface area contributed by atoms with Crippen LogP contribution in [0.1, 0.15) is 162 Å². The van der Waals surface area contributed by atoms with Gasteiger partial charge in [0.15, 0.2) is 35.5 Å². The van der Waals surface area contributed by atoms with Gasteiger partial charge in [-0.1, -0.05) is 97.7 Å². The van der Waals surface area contributed by atoms with E-state index >= 15 is 0 Å². The number of nitrogens with one attached hydrogen (secondary N) is 5. The molecular weight excluding hydrogens is 2070 g/mol. The molecule has 4 amide bonds. The van der Waals surface area contributed by atoms with Crippen LogP contribution < -0.4 is 83.6 Å². The first-order valence-electron chi connectivity index (χ1n) is 45.4. The van der Waals surface area contributed by atoms with Crippen LogP contribution in [0.3, 0.4) is 0 Å². The third-order valence-corrected chi connectivity index (χ3v) is 26.9. The topological polar surface area (TPSA) is 592 Å². The second-order valence-corrected chi connectivity index (χ2v) is 38.8. The molecule has 6 aromatic carbocycles. The molecule has 1 saturated carbocycles. The number of ketones is 6. The molecule has 7 heterocycles. The van der Waals surface area contributed by atoms with Crippen molar-refractivity contribution in [2.75, 3.05) is 111 Å². The number of carboxylic acids is 1. The molecule has 16 rings (SSSR count). The second-order valence-electron chi connectivity index (χ2n) is 34.6. The Hall–Kier alpha value is -12.2. The number of benzene rings is 6. The number of amides is 4. The molecule has 0 radical (unpaired) electrons. The van der Waals surface area contributed by atoms with Crippen LogP contribution in [0.25, 0.3) is 11.2 Å². The van der Waals surface area contributed by atoms with Crippen LogP contribution in [0.4, 0.5) is 68.8 Å². The molecule has 6 atom stereocenters. The third-order valence-electron chi connectivity index (χ3n) is 24.2. The number of aliphatic hydroxyl groups is 1. The zero-order valence-corrected chi connectivity index (χ0v) is 89.0. The molecule has 9 aromatic rings. The van der Waals surface area contributed by atoms with Crippen LogP contribution in [0.2, 0.25) is 10.0 Å². The van der Waals surface area contributed by atoms with Gasteiger partial charge in [0.1, 0.15) is 50.3 Å². The van der Waals surface area contributed by atoms with Crippen LogP contribution in [-0.4, -0.2) is 231 Å². The molecule has 38 nitrogen and oxygen atoms in total. The standard InChI is InChI=1S/C24H31N3O5.C22H25N7O4.C16H19N3O5.C14H10Cl4.C13H12F3N3O3.C6H5N3S.C3H7OS2.Na.H2O/c1-2-3-4-5-10-26-15-6-7-16(27-12-11-25-13-14-28)20-19(15)23(31)21-17(29)8-9-18(30)22(21)24(20)32;1-12(30)3-4-14(21(32)33)9-17(31)13-5-7-16(8-6-13)29(2)11-15-10-25-20-18(26-15)19(23)27-22(24)28-20;1-6-11(17)14(21)10-9(5-24-15(18)22)16(23-2)8-3-7(8)4-19(16)12(10)13(6)20;15-10-7-5-9(6-8-10)13(14(17)18)11-3-1-2-4-12(11)16;1-12(2)10(20)19(11(21)17-12)7-4-5-9(18(3)22)8(6-7)13(14,15)16;10-6-4-1-2-7-5(4)8-3-9-6;1-6(4)3-2-5;;/h6-9,25-30H,2-5,10-14H2,1H3;5-8,10,14H,3-4,9,11H2,1-2H3,(H,32,33)(H4,23,24,25,27,28);7-9H,3-5,17H2,1-2H3,(H2,18,22);1-8,13-14H;4-6H,1-3H3;2-3H,1H2,(H,8,9,10);5H,1-3H2;;1H2/q;;;;;;-1;+1;/t;14-;7-,8-,9+,16-;;;;;;/m.00....../s1. The average Bonchev–Trinajstić information content (AvgIpc) is 1.50. The molecular formula is C98H111Cl4F3N19NaO19S3. The van der Waals surface area contributed by atoms with Crippen molar-refractivity contribution in [3.8, 4) is 11.5 Å². The van der Waals surface area contributed by atoms with E-state index in [0.29, 0.717) is 122 Å². The van der Waals surface area contributed by atoms with Gasteiger partial charge >= 0.3 is 53.8 Å². The van der Waals surface area contributed by atoms with E-state index in [1.54, 1.807) is 63.0 Å². The molecule has 1 unspecified atom stereocenters. The number of phenolic OH excluding ortho intramolecular Hbond substituents is 2. The number of aromatic amines is 1. The number of H-pyrrole nitrogens is 1. The van der Waals surface area contributed by atoms with Crippen molar-refractivity contribution < 1.29 is 135 Å². The Labute approximate surface area is 898 Å². The number of unbranched alkanes of at least 4 members (excludes halogenated alkanes) is 3. The molecule has 18 N–H and O–H groups in total. The minimum atomic E-state index is -4.79. The van der Waals surface area contributed by atoms with E-state index in [1.165, 1.54) is 32.9 Å². The number of phenols is 2. The molecule has 780 valence electrons. The van der Waals surface area contributed by atoms with Crippen LogP contribution in [0.15, 0.2) is 155 Å². The summed E-state index contributed by atoms with van der Waals surface area (Å²) in [5.74, 6) is 0.0807. The number of aromatic hydroxyl groups is 2. The van der Waals surface area contributed by atoms with Crippen molar-refractivity contribution in [2.24, 2.45) is 40.1 Å². The number of nitroso groups, excluding NO2 is 1. The molecule has 3 aromatic heterocycles. The average molecular weight is 2180 g/mol. The number of halogens is 7. The molecule has 147 heavy (non-hydrogen) atoms. The summed E-state index contributed by atoms with van der Waals surface area (Å²) >= 11 is 33.1. The van der Waals surface area contributed by atoms with E-state index in [0.717, 1.165) is 85.9 Å². The first-order chi connectivity index (χ1) is 68.7. The summed E-state index contributed by atoms with van der Waals surface area (Å²) in [6, 6.07) is 29.6. The number of urea groups is 1. The number of aliphatic imine (C=N–C) groups is 1. The Morgan fingerprint density at radius 2 is 1.48 bits per heavy atom. The van der Waals surface area contributed by atoms with Crippen molar-refractivity contribution in [1.82, 2.24) is 45.4 Å². The Kier molecular flexibility index (Phi) is 43.8. The largest absolute Gasteiger partial charge is 1.00 e. The zero-order chi connectivity index (χ0) is 107. The first kappa shape index (κ1) is 120. The summed E-state index contributed by atoms with van der Waals surface area (Å²) in [4.78, 5) is 165. The van der Waals surface area contributed by atoms with E-state index in [9.17, 15) is 85.6 Å². The number of nitrogens with zero attached hydrogens (tertiary/aromatic N) is 10. The van der Waals surface area contributed by atoms with E-state index in [-0.39, 0.29) is 175 Å². The third kappa shape index (κ3) is 29.3. The summed E-state index contributed by atoms with van der Waals surface area (Å²) in [5.41, 5.74) is 25.7. The SMILES string of the molecule is C=[S-](=O)CCS.CC(=O)CC[C@@H](CC(=O)c1ccc(N(C)Cc2cnc3nc(N)nc(N)c3n2)cc1)C(=O)O.CCCCCCNc1ccc(NCCNCCO)c2c1C(=O)c1c(O)ccc(O)c1C2=O.CO[C@@]12[C@H](COC(N)=O)C3=C(C(=O)C(C)=C(N)C3=O)N1C[C@@H]1C[C@@H]12.C[N+](=O)c1ccc(N2C(=O)NC(C)(C)C2=O)cc1C(F)(F)F.Clc1ccc(C(c2ccccc2Cl)C(Cl)Cl)cc1.S=c1nc[nH]c2c1CC=N2.[Na+].[OH-]. The molecule has 7 aliphatic rings. The van der Waals surface area contributed by atoms with Crippen LogP contribution >= 0.6 is 71.3 Å². The number of primary amides is 1. The predicted molar refractivity (Wildman–Crippen MR) is 556 cm³/mol. The molecule has 0 spiro atoms. The van der Waals surface area contributed by atoms with Gasteiger partial charge in [0, 0.05) is 149 Å². The number of Topliss-reactive ketones (excluding diaryl/α,β-unsaturated/α-hetero) is 4. The minimum absolute atomic E-state index is 0. The number of fused-ring (bicyclic) bond motifs is 8.